The summed E-state index contributed by atoms with van der Waals surface area (Å²) < 4.78 is 12.6. The van der Waals surface area contributed by atoms with Crippen molar-refractivity contribution in [2.24, 2.45) is 11.3 Å². The van der Waals surface area contributed by atoms with Gasteiger partial charge in [-0.1, -0.05) is 168 Å². The van der Waals surface area contributed by atoms with Gasteiger partial charge in [0, 0.05) is 19.8 Å². The minimum atomic E-state index is -0.125. The first-order valence-corrected chi connectivity index (χ1v) is 21.9. The summed E-state index contributed by atoms with van der Waals surface area (Å²) in [4.78, 5) is 0. The molecule has 1 radical (unpaired) electrons. The normalized spacial score (nSPS) is 13.1. The monoisotopic (exact) mass is 690 g/mol. The van der Waals surface area contributed by atoms with Crippen molar-refractivity contribution in [3.05, 3.63) is 31.2 Å². The van der Waals surface area contributed by atoms with Gasteiger partial charge in [-0.05, 0) is 102 Å². The number of ether oxygens (including phenoxy) is 2. The molecule has 0 aliphatic carbocycles. The Balaban J connectivity index is 4.02. The van der Waals surface area contributed by atoms with Gasteiger partial charge in [0.2, 0.25) is 0 Å². The first-order valence-electron chi connectivity index (χ1n) is 21.9. The van der Waals surface area contributed by atoms with Crippen molar-refractivity contribution in [3.8, 4) is 0 Å². The Morgan fingerprint density at radius 2 is 0.816 bits per heavy atom. The number of hydrogen-bond acceptors (Lipinski definition) is 3. The van der Waals surface area contributed by atoms with Crippen LogP contribution in [0.4, 0.5) is 0 Å². The topological polar surface area (TPSA) is 38.7 Å². The third-order valence-electron chi connectivity index (χ3n) is 10.5. The summed E-state index contributed by atoms with van der Waals surface area (Å²) in [5.74, 6) is 0.283. The molecule has 291 valence electrons. The Morgan fingerprint density at radius 1 is 0.490 bits per heavy atom. The Hall–Kier alpha value is -0.640. The lowest BCUT2D eigenvalue weighted by Gasteiger charge is -2.32. The van der Waals surface area contributed by atoms with E-state index in [0.29, 0.717) is 0 Å². The second-order valence-electron chi connectivity index (χ2n) is 15.8. The second-order valence-corrected chi connectivity index (χ2v) is 15.8. The minimum absolute atomic E-state index is 0.0344. The first kappa shape index (κ1) is 48.4. The lowest BCUT2D eigenvalue weighted by molar-refractivity contribution is -0.149. The van der Waals surface area contributed by atoms with Gasteiger partial charge in [0.05, 0.1) is 0 Å². The fourth-order valence-corrected chi connectivity index (χ4v) is 6.56. The maximum atomic E-state index is 9.48. The summed E-state index contributed by atoms with van der Waals surface area (Å²) in [5.41, 5.74) is 0.0344. The molecule has 1 N–H and O–H groups in total. The third kappa shape index (κ3) is 35.5. The number of rotatable bonds is 40. The van der Waals surface area contributed by atoms with Gasteiger partial charge in [0.15, 0.2) is 6.29 Å². The Bertz CT molecular complexity index is 640. The summed E-state index contributed by atoms with van der Waals surface area (Å²) >= 11 is 0. The molecule has 3 nitrogen and oxygen atoms in total. The maximum absolute atomic E-state index is 9.48. The molecule has 0 aromatic rings. The fourth-order valence-electron chi connectivity index (χ4n) is 6.56. The number of aliphatic hydroxyl groups is 1. The number of unbranched alkanes of at least 4 members (excludes halogenated alkanes) is 24. The van der Waals surface area contributed by atoms with Gasteiger partial charge in [-0.15, -0.1) is 0 Å². The van der Waals surface area contributed by atoms with E-state index in [4.69, 9.17) is 9.47 Å². The van der Waals surface area contributed by atoms with Crippen molar-refractivity contribution in [3.63, 3.8) is 0 Å². The summed E-state index contributed by atoms with van der Waals surface area (Å²) in [5, 5.41) is 9.48. The number of hydrogen-bond donors (Lipinski definition) is 1. The average molecular weight is 690 g/mol. The fraction of sp³-hybridized carbons (Fsp3) is 0.891. The van der Waals surface area contributed by atoms with Crippen LogP contribution in [-0.4, -0.2) is 31.2 Å². The van der Waals surface area contributed by atoms with Crippen LogP contribution >= 0.6 is 0 Å². The molecule has 0 heterocycles. The zero-order valence-electron chi connectivity index (χ0n) is 34.0. The number of allylic oxidation sites excluding steroid dienone is 4. The SMILES string of the molecule is [CH2]C(CCC(OCCCCCCCC/C=C\CCCCCCCC)OCCCCCCCC/C=C\CCCCCCCC)C(C)(C)CCO. The lowest BCUT2D eigenvalue weighted by atomic mass is 9.75. The largest absolute Gasteiger partial charge is 0.396 e. The Kier molecular flexibility index (Phi) is 38.1. The van der Waals surface area contributed by atoms with Crippen molar-refractivity contribution in [1.82, 2.24) is 0 Å². The molecule has 0 spiro atoms. The van der Waals surface area contributed by atoms with Crippen LogP contribution in [0.2, 0.25) is 0 Å². The highest BCUT2D eigenvalue weighted by Crippen LogP contribution is 2.33. The predicted octanol–water partition coefficient (Wildman–Crippen LogP) is 15.1. The molecule has 1 atom stereocenters. The van der Waals surface area contributed by atoms with E-state index in [1.165, 1.54) is 167 Å². The molecule has 0 aliphatic rings. The van der Waals surface area contributed by atoms with Crippen LogP contribution in [0, 0.1) is 18.3 Å². The van der Waals surface area contributed by atoms with Crippen LogP contribution < -0.4 is 0 Å². The summed E-state index contributed by atoms with van der Waals surface area (Å²) in [6.07, 6.45) is 49.3. The predicted molar refractivity (Wildman–Crippen MR) is 218 cm³/mol. The highest BCUT2D eigenvalue weighted by atomic mass is 16.7. The van der Waals surface area contributed by atoms with Crippen molar-refractivity contribution < 1.29 is 14.6 Å². The zero-order valence-corrected chi connectivity index (χ0v) is 34.0. The van der Waals surface area contributed by atoms with E-state index in [2.05, 4.69) is 58.9 Å². The van der Waals surface area contributed by atoms with Gasteiger partial charge >= 0.3 is 0 Å². The van der Waals surface area contributed by atoms with Gasteiger partial charge in [0.25, 0.3) is 0 Å². The highest BCUT2D eigenvalue weighted by molar-refractivity contribution is 4.82. The quantitative estimate of drug-likeness (QED) is 0.0395. The molecule has 3 heteroatoms. The van der Waals surface area contributed by atoms with Crippen LogP contribution in [0.25, 0.3) is 0 Å². The minimum Gasteiger partial charge on any atom is -0.396 e. The van der Waals surface area contributed by atoms with E-state index in [9.17, 15) is 5.11 Å². The van der Waals surface area contributed by atoms with Crippen molar-refractivity contribution in [1.29, 1.82) is 0 Å². The van der Waals surface area contributed by atoms with Crippen molar-refractivity contribution >= 4 is 0 Å². The molecule has 0 bridgehead atoms. The molecular weight excluding hydrogens is 601 g/mol. The zero-order chi connectivity index (χ0) is 35.9. The first-order chi connectivity index (χ1) is 24.0. The van der Waals surface area contributed by atoms with Crippen LogP contribution in [0.5, 0.6) is 0 Å². The molecule has 0 amide bonds. The van der Waals surface area contributed by atoms with Gasteiger partial charge in [-0.3, -0.25) is 0 Å². The molecule has 0 rings (SSSR count). The summed E-state index contributed by atoms with van der Waals surface area (Å²) in [6.45, 7) is 15.3. The molecule has 0 aliphatic heterocycles. The van der Waals surface area contributed by atoms with E-state index in [1.807, 2.05) is 0 Å². The molecule has 0 saturated heterocycles. The molecule has 0 aromatic heterocycles. The van der Waals surface area contributed by atoms with Gasteiger partial charge in [-0.2, -0.15) is 0 Å². The van der Waals surface area contributed by atoms with Crippen LogP contribution in [0.15, 0.2) is 24.3 Å². The van der Waals surface area contributed by atoms with Gasteiger partial charge in [0.1, 0.15) is 0 Å². The van der Waals surface area contributed by atoms with E-state index in [0.717, 1.165) is 45.3 Å². The van der Waals surface area contributed by atoms with E-state index >= 15 is 0 Å². The maximum Gasteiger partial charge on any atom is 0.157 e. The summed E-state index contributed by atoms with van der Waals surface area (Å²) in [7, 11) is 0. The van der Waals surface area contributed by atoms with Crippen LogP contribution in [0.1, 0.15) is 227 Å². The highest BCUT2D eigenvalue weighted by Gasteiger charge is 2.26. The molecular formula is C46H89O3. The number of aliphatic hydroxyl groups excluding tert-OH is 1. The standard InChI is InChI=1S/C46H89O3/c1-6-8-10-12-14-16-18-20-22-24-26-28-30-32-34-36-42-48-45(39-38-44(3)46(4,5)40-41-47)49-43-37-35-33-31-29-27-25-23-21-19-17-15-13-11-9-7-2/h20-23,44-45,47H,3,6-19,24-43H2,1-2,4-5H3/b22-20-,23-21-. The van der Waals surface area contributed by atoms with Crippen LogP contribution in [0.3, 0.4) is 0 Å². The lowest BCUT2D eigenvalue weighted by Crippen LogP contribution is -2.26. The van der Waals surface area contributed by atoms with Gasteiger partial charge in [-0.25, -0.2) is 0 Å². The molecule has 1 unspecified atom stereocenters. The molecule has 0 aromatic carbocycles. The molecule has 49 heavy (non-hydrogen) atoms. The third-order valence-corrected chi connectivity index (χ3v) is 10.5. The van der Waals surface area contributed by atoms with Gasteiger partial charge < -0.3 is 14.6 Å². The Morgan fingerprint density at radius 3 is 1.16 bits per heavy atom. The van der Waals surface area contributed by atoms with E-state index < -0.39 is 0 Å². The van der Waals surface area contributed by atoms with Crippen molar-refractivity contribution in [2.45, 2.75) is 233 Å². The van der Waals surface area contributed by atoms with Crippen molar-refractivity contribution in [2.75, 3.05) is 19.8 Å². The second kappa shape index (κ2) is 38.6. The van der Waals surface area contributed by atoms with E-state index in [1.54, 1.807) is 0 Å². The smallest absolute Gasteiger partial charge is 0.157 e. The Labute approximate surface area is 309 Å². The average Bonchev–Trinajstić information content (AvgIpc) is 3.09. The van der Waals surface area contributed by atoms with Crippen LogP contribution in [-0.2, 0) is 9.47 Å². The molecule has 0 fully saturated rings. The summed E-state index contributed by atoms with van der Waals surface area (Å²) in [6, 6.07) is 0. The molecule has 0 saturated carbocycles. The van der Waals surface area contributed by atoms with E-state index in [-0.39, 0.29) is 24.2 Å².